The Morgan fingerprint density at radius 1 is 1.00 bits per heavy atom. The number of pyridine rings is 1. The standard InChI is InChI=1S/C14H8ClF2N5/c15-10-4-3-7-12(21-10)9(5-18-7)20-14-19-8-2-1-6(16)11(17)13(8)22-14/h1-5,18H,(H2,19,20,22). The summed E-state index contributed by atoms with van der Waals surface area (Å²) >= 11 is 5.89. The van der Waals surface area contributed by atoms with Crippen molar-refractivity contribution in [2.75, 3.05) is 5.32 Å². The van der Waals surface area contributed by atoms with Gasteiger partial charge in [-0.3, -0.25) is 0 Å². The molecule has 0 saturated carbocycles. The van der Waals surface area contributed by atoms with Crippen molar-refractivity contribution in [1.82, 2.24) is 19.9 Å². The number of anilines is 2. The van der Waals surface area contributed by atoms with E-state index in [1.807, 2.05) is 0 Å². The molecule has 22 heavy (non-hydrogen) atoms. The second-order valence-corrected chi connectivity index (χ2v) is 5.09. The van der Waals surface area contributed by atoms with Gasteiger partial charge in [0.1, 0.15) is 16.2 Å². The molecule has 3 aromatic heterocycles. The van der Waals surface area contributed by atoms with Crippen LogP contribution in [0.25, 0.3) is 22.1 Å². The maximum absolute atomic E-state index is 13.7. The molecule has 110 valence electrons. The van der Waals surface area contributed by atoms with Crippen LogP contribution < -0.4 is 5.32 Å². The van der Waals surface area contributed by atoms with Crippen molar-refractivity contribution in [3.05, 3.63) is 47.2 Å². The summed E-state index contributed by atoms with van der Waals surface area (Å²) in [5.74, 6) is -1.64. The second-order valence-electron chi connectivity index (χ2n) is 4.70. The number of halogens is 3. The van der Waals surface area contributed by atoms with E-state index < -0.39 is 11.6 Å². The molecule has 0 aliphatic carbocycles. The fraction of sp³-hybridized carbons (Fsp3) is 0. The lowest BCUT2D eigenvalue weighted by atomic mass is 10.3. The molecule has 0 spiro atoms. The van der Waals surface area contributed by atoms with Crippen LogP contribution in [0.5, 0.6) is 0 Å². The number of rotatable bonds is 2. The van der Waals surface area contributed by atoms with Gasteiger partial charge in [0.15, 0.2) is 11.6 Å². The molecule has 8 heteroatoms. The molecule has 0 bridgehead atoms. The number of benzene rings is 1. The van der Waals surface area contributed by atoms with Gasteiger partial charge >= 0.3 is 0 Å². The fourth-order valence-corrected chi connectivity index (χ4v) is 2.42. The van der Waals surface area contributed by atoms with Crippen molar-refractivity contribution in [3.63, 3.8) is 0 Å². The molecular formula is C14H8ClF2N5. The van der Waals surface area contributed by atoms with Gasteiger partial charge < -0.3 is 15.3 Å². The number of nitrogens with zero attached hydrogens (tertiary/aromatic N) is 2. The van der Waals surface area contributed by atoms with E-state index in [9.17, 15) is 8.78 Å². The minimum atomic E-state index is -0.984. The molecule has 0 aliphatic heterocycles. The van der Waals surface area contributed by atoms with Crippen molar-refractivity contribution >= 4 is 45.3 Å². The Hall–Kier alpha value is -2.67. The number of hydrogen-bond acceptors (Lipinski definition) is 3. The first-order valence-corrected chi connectivity index (χ1v) is 6.74. The van der Waals surface area contributed by atoms with Gasteiger partial charge in [-0.25, -0.2) is 18.7 Å². The highest BCUT2D eigenvalue weighted by Crippen LogP contribution is 2.27. The molecule has 0 fully saturated rings. The summed E-state index contributed by atoms with van der Waals surface area (Å²) in [6.45, 7) is 0. The molecule has 4 rings (SSSR count). The van der Waals surface area contributed by atoms with E-state index >= 15 is 0 Å². The highest BCUT2D eigenvalue weighted by Gasteiger charge is 2.13. The van der Waals surface area contributed by atoms with E-state index in [-0.39, 0.29) is 11.5 Å². The van der Waals surface area contributed by atoms with Crippen LogP contribution in [0.1, 0.15) is 0 Å². The molecule has 3 heterocycles. The Morgan fingerprint density at radius 2 is 1.82 bits per heavy atom. The molecule has 0 atom stereocenters. The largest absolute Gasteiger partial charge is 0.358 e. The molecule has 0 aliphatic rings. The van der Waals surface area contributed by atoms with Gasteiger partial charge in [-0.2, -0.15) is 0 Å². The first-order chi connectivity index (χ1) is 10.6. The van der Waals surface area contributed by atoms with E-state index in [1.54, 1.807) is 18.3 Å². The second kappa shape index (κ2) is 4.67. The van der Waals surface area contributed by atoms with Crippen molar-refractivity contribution in [2.45, 2.75) is 0 Å². The van der Waals surface area contributed by atoms with Crippen molar-refractivity contribution in [2.24, 2.45) is 0 Å². The third-order valence-corrected chi connectivity index (χ3v) is 3.50. The van der Waals surface area contributed by atoms with Crippen molar-refractivity contribution in [1.29, 1.82) is 0 Å². The highest BCUT2D eigenvalue weighted by molar-refractivity contribution is 6.29. The number of nitrogens with one attached hydrogen (secondary N) is 3. The fourth-order valence-electron chi connectivity index (χ4n) is 2.27. The first kappa shape index (κ1) is 13.0. The Balaban J connectivity index is 1.79. The predicted molar refractivity (Wildman–Crippen MR) is 80.4 cm³/mol. The molecule has 5 nitrogen and oxygen atoms in total. The third kappa shape index (κ3) is 1.98. The van der Waals surface area contributed by atoms with Gasteiger partial charge in [0.2, 0.25) is 5.95 Å². The molecule has 0 unspecified atom stereocenters. The van der Waals surface area contributed by atoms with E-state index in [4.69, 9.17) is 11.6 Å². The summed E-state index contributed by atoms with van der Waals surface area (Å²) in [5.41, 5.74) is 2.37. The number of fused-ring (bicyclic) bond motifs is 2. The van der Waals surface area contributed by atoms with Crippen LogP contribution in [0.4, 0.5) is 20.4 Å². The smallest absolute Gasteiger partial charge is 0.205 e. The molecule has 0 saturated heterocycles. The zero-order valence-corrected chi connectivity index (χ0v) is 11.7. The van der Waals surface area contributed by atoms with Gasteiger partial charge in [0, 0.05) is 6.20 Å². The minimum absolute atomic E-state index is 0.0617. The Kier molecular flexibility index (Phi) is 2.77. The van der Waals surface area contributed by atoms with Crippen molar-refractivity contribution in [3.8, 4) is 0 Å². The normalized spacial score (nSPS) is 11.4. The highest BCUT2D eigenvalue weighted by atomic mass is 35.5. The van der Waals surface area contributed by atoms with Crippen LogP contribution in [-0.2, 0) is 0 Å². The van der Waals surface area contributed by atoms with E-state index in [0.717, 1.165) is 11.6 Å². The topological polar surface area (TPSA) is 69.4 Å². The summed E-state index contributed by atoms with van der Waals surface area (Å²) in [6.07, 6.45) is 1.69. The van der Waals surface area contributed by atoms with Gasteiger partial charge in [-0.1, -0.05) is 11.6 Å². The summed E-state index contributed by atoms with van der Waals surface area (Å²) in [6, 6.07) is 5.94. The first-order valence-electron chi connectivity index (χ1n) is 6.36. The van der Waals surface area contributed by atoms with Crippen LogP contribution in [0, 0.1) is 11.6 Å². The zero-order chi connectivity index (χ0) is 15.3. The maximum atomic E-state index is 13.7. The summed E-state index contributed by atoms with van der Waals surface area (Å²) < 4.78 is 26.9. The van der Waals surface area contributed by atoms with Crippen LogP contribution >= 0.6 is 11.6 Å². The number of imidazole rings is 1. The number of H-pyrrole nitrogens is 2. The lowest BCUT2D eigenvalue weighted by Gasteiger charge is -1.99. The van der Waals surface area contributed by atoms with E-state index in [1.165, 1.54) is 6.07 Å². The lowest BCUT2D eigenvalue weighted by Crippen LogP contribution is -1.92. The van der Waals surface area contributed by atoms with E-state index in [2.05, 4.69) is 25.3 Å². The maximum Gasteiger partial charge on any atom is 0.205 e. The van der Waals surface area contributed by atoms with Crippen LogP contribution in [-0.4, -0.2) is 19.9 Å². The molecule has 1 aromatic carbocycles. The van der Waals surface area contributed by atoms with Gasteiger partial charge in [0.25, 0.3) is 0 Å². The lowest BCUT2D eigenvalue weighted by molar-refractivity contribution is 0.515. The van der Waals surface area contributed by atoms with Gasteiger partial charge in [-0.05, 0) is 24.3 Å². The van der Waals surface area contributed by atoms with Crippen LogP contribution in [0.3, 0.4) is 0 Å². The predicted octanol–water partition coefficient (Wildman–Crippen LogP) is 4.11. The van der Waals surface area contributed by atoms with Gasteiger partial charge in [0.05, 0.1) is 16.7 Å². The van der Waals surface area contributed by atoms with Crippen LogP contribution in [0.2, 0.25) is 5.15 Å². The number of aromatic nitrogens is 4. The van der Waals surface area contributed by atoms with Crippen LogP contribution in [0.15, 0.2) is 30.5 Å². The Labute approximate surface area is 127 Å². The average Bonchev–Trinajstić information content (AvgIpc) is 3.08. The monoisotopic (exact) mass is 319 g/mol. The summed E-state index contributed by atoms with van der Waals surface area (Å²) in [4.78, 5) is 14.1. The van der Waals surface area contributed by atoms with Crippen molar-refractivity contribution < 1.29 is 8.78 Å². The Morgan fingerprint density at radius 3 is 2.68 bits per heavy atom. The van der Waals surface area contributed by atoms with Gasteiger partial charge in [-0.15, -0.1) is 0 Å². The van der Waals surface area contributed by atoms with E-state index in [0.29, 0.717) is 21.9 Å². The Bertz CT molecular complexity index is 1010. The molecule has 4 aromatic rings. The summed E-state index contributed by atoms with van der Waals surface area (Å²) in [5, 5.41) is 3.34. The molecular weight excluding hydrogens is 312 g/mol. The minimum Gasteiger partial charge on any atom is -0.358 e. The zero-order valence-electron chi connectivity index (χ0n) is 10.9. The SMILES string of the molecule is Fc1ccc2[nH]c(Nc3c[nH]c4ccc(Cl)nc34)nc2c1F. The molecule has 0 amide bonds. The molecule has 3 N–H and O–H groups in total. The number of aromatic amines is 2. The number of hydrogen-bond donors (Lipinski definition) is 3. The third-order valence-electron chi connectivity index (χ3n) is 3.29. The average molecular weight is 320 g/mol. The quantitative estimate of drug-likeness (QED) is 0.487. The summed E-state index contributed by atoms with van der Waals surface area (Å²) in [7, 11) is 0. The molecule has 0 radical (unpaired) electrons.